The molecule has 70 heavy (non-hydrogen) atoms. The molecule has 0 aliphatic heterocycles. The van der Waals surface area contributed by atoms with Gasteiger partial charge in [-0.15, -0.1) is 0 Å². The fraction of sp³-hybridized carbons (Fsp3) is 0.767. The molecule has 0 aliphatic carbocycles. The summed E-state index contributed by atoms with van der Waals surface area (Å²) >= 11 is 0. The fourth-order valence-corrected chi connectivity index (χ4v) is 8.64. The Labute approximate surface area is 432 Å². The number of carbonyl (C=O) groups excluding carboxylic acids is 2. The van der Waals surface area contributed by atoms with Crippen molar-refractivity contribution in [1.82, 2.24) is 5.32 Å². The summed E-state index contributed by atoms with van der Waals surface area (Å²) in [5, 5.41) is 3.01. The lowest BCUT2D eigenvalue weighted by Crippen LogP contribution is -2.47. The van der Waals surface area contributed by atoms with Crippen LogP contribution in [0.4, 0.5) is 0 Å². The van der Waals surface area contributed by atoms with E-state index in [-0.39, 0.29) is 31.3 Å². The average Bonchev–Trinajstić information content (AvgIpc) is 3.32. The molecule has 0 aliphatic rings. The standard InChI is InChI=1S/C60H109N2O7P/c1-7-10-13-16-19-22-25-28-30-31-32-34-37-40-43-46-49-52-59(63)61-57(56-68-70(65,66)67-55-54-62(4,5)6)58(51-48-45-42-39-36-33-27-24-21-18-15-12-9-3)69-60(64)53-50-47-44-41-38-35-29-26-23-20-17-14-11-8-2/h11,14,19-20,22-23,28,30,32,34,48,51,57-58H,7-10,12-13,15-18,21,24-27,29,31,33,35-47,49-50,52-56H2,1-6H3,(H-,61,63,65,66)/b14-11+,22-19-,23-20+,30-28-,34-32-,51-48+. The quantitative estimate of drug-likeness (QED) is 0.0212. The van der Waals surface area contributed by atoms with Crippen LogP contribution >= 0.6 is 7.82 Å². The summed E-state index contributed by atoms with van der Waals surface area (Å²) in [6.45, 7) is 6.68. The molecule has 0 fully saturated rings. The Morgan fingerprint density at radius 3 is 1.40 bits per heavy atom. The Morgan fingerprint density at radius 2 is 0.914 bits per heavy atom. The zero-order chi connectivity index (χ0) is 51.5. The molecule has 1 amide bonds. The number of carbonyl (C=O) groups is 2. The van der Waals surface area contributed by atoms with Crippen LogP contribution in [0.3, 0.4) is 0 Å². The highest BCUT2D eigenvalue weighted by Crippen LogP contribution is 2.38. The number of quaternary nitrogens is 1. The number of hydrogen-bond donors (Lipinski definition) is 1. The van der Waals surface area contributed by atoms with Gasteiger partial charge in [0.25, 0.3) is 7.82 Å². The van der Waals surface area contributed by atoms with Gasteiger partial charge in [-0.1, -0.05) is 210 Å². The van der Waals surface area contributed by atoms with Gasteiger partial charge in [0, 0.05) is 12.8 Å². The number of unbranched alkanes of at least 4 members (excludes halogenated alkanes) is 25. The fourth-order valence-electron chi connectivity index (χ4n) is 7.92. The Hall–Kier alpha value is -2.55. The number of likely N-dealkylation sites (N-methyl/N-ethyl adjacent to an activating group) is 1. The molecule has 0 heterocycles. The molecule has 10 heteroatoms. The van der Waals surface area contributed by atoms with E-state index in [2.05, 4.69) is 86.8 Å². The molecule has 0 radical (unpaired) electrons. The summed E-state index contributed by atoms with van der Waals surface area (Å²) in [6.07, 6.45) is 62.9. The predicted molar refractivity (Wildman–Crippen MR) is 298 cm³/mol. The topological polar surface area (TPSA) is 114 Å². The van der Waals surface area contributed by atoms with Crippen LogP contribution in [0.2, 0.25) is 0 Å². The van der Waals surface area contributed by atoms with E-state index in [4.69, 9.17) is 13.8 Å². The first kappa shape index (κ1) is 67.5. The molecule has 3 atom stereocenters. The summed E-state index contributed by atoms with van der Waals surface area (Å²) in [5.41, 5.74) is 0. The van der Waals surface area contributed by atoms with Gasteiger partial charge >= 0.3 is 5.97 Å². The number of rotatable bonds is 51. The second kappa shape index (κ2) is 50.0. The highest BCUT2D eigenvalue weighted by Gasteiger charge is 2.27. The van der Waals surface area contributed by atoms with Crippen LogP contribution < -0.4 is 10.2 Å². The van der Waals surface area contributed by atoms with E-state index in [1.807, 2.05) is 33.3 Å². The molecule has 0 saturated heterocycles. The summed E-state index contributed by atoms with van der Waals surface area (Å²) in [6, 6.07) is -0.905. The Kier molecular flexibility index (Phi) is 48.2. The van der Waals surface area contributed by atoms with Gasteiger partial charge in [-0.05, 0) is 96.0 Å². The zero-order valence-corrected chi connectivity index (χ0v) is 47.1. The summed E-state index contributed by atoms with van der Waals surface area (Å²) in [4.78, 5) is 39.8. The van der Waals surface area contributed by atoms with Crippen molar-refractivity contribution in [2.45, 2.75) is 258 Å². The number of phosphoric ester groups is 1. The third-order valence-corrected chi connectivity index (χ3v) is 13.3. The van der Waals surface area contributed by atoms with E-state index in [1.165, 1.54) is 103 Å². The first-order valence-electron chi connectivity index (χ1n) is 28.7. The molecule has 406 valence electrons. The van der Waals surface area contributed by atoms with E-state index >= 15 is 0 Å². The first-order valence-corrected chi connectivity index (χ1v) is 30.2. The van der Waals surface area contributed by atoms with E-state index in [0.717, 1.165) is 103 Å². The maximum atomic E-state index is 13.5. The largest absolute Gasteiger partial charge is 0.756 e. The summed E-state index contributed by atoms with van der Waals surface area (Å²) in [5.74, 6) is -0.577. The monoisotopic (exact) mass is 1000 g/mol. The van der Waals surface area contributed by atoms with E-state index in [1.54, 1.807) is 0 Å². The van der Waals surface area contributed by atoms with Gasteiger partial charge in [-0.2, -0.15) is 0 Å². The first-order chi connectivity index (χ1) is 33.9. The van der Waals surface area contributed by atoms with Crippen LogP contribution in [0, 0.1) is 0 Å². The van der Waals surface area contributed by atoms with Crippen molar-refractivity contribution in [1.29, 1.82) is 0 Å². The van der Waals surface area contributed by atoms with Crippen molar-refractivity contribution in [2.75, 3.05) is 40.9 Å². The average molecular weight is 1000 g/mol. The van der Waals surface area contributed by atoms with Crippen molar-refractivity contribution in [3.8, 4) is 0 Å². The third-order valence-electron chi connectivity index (χ3n) is 12.4. The number of hydrogen-bond acceptors (Lipinski definition) is 7. The van der Waals surface area contributed by atoms with Crippen LogP contribution in [0.5, 0.6) is 0 Å². The lowest BCUT2D eigenvalue weighted by Gasteiger charge is -2.30. The van der Waals surface area contributed by atoms with Gasteiger partial charge in [0.1, 0.15) is 19.3 Å². The van der Waals surface area contributed by atoms with Crippen LogP contribution in [0.15, 0.2) is 72.9 Å². The summed E-state index contributed by atoms with van der Waals surface area (Å²) in [7, 11) is 1.16. The SMILES string of the molecule is CC/C=C/C/C=C/CCCCCCCCCC(=O)OC(/C=C/CCCCCCCCCCCCC)C(COP(=O)([O-])OCC[N+](C)(C)C)NC(=O)CCCCCC/C=C\C/C=C\C/C=C\CCCCC. The molecule has 0 aromatic heterocycles. The minimum absolute atomic E-state index is 0.0307. The van der Waals surface area contributed by atoms with Crippen molar-refractivity contribution in [2.24, 2.45) is 0 Å². The van der Waals surface area contributed by atoms with Gasteiger partial charge < -0.3 is 28.5 Å². The maximum absolute atomic E-state index is 13.5. The number of ether oxygens (including phenoxy) is 1. The predicted octanol–water partition coefficient (Wildman–Crippen LogP) is 16.6. The van der Waals surface area contributed by atoms with Crippen LogP contribution in [0.1, 0.15) is 245 Å². The van der Waals surface area contributed by atoms with Crippen LogP contribution in [0.25, 0.3) is 0 Å². The Bertz CT molecular complexity index is 1430. The Morgan fingerprint density at radius 1 is 0.514 bits per heavy atom. The van der Waals surface area contributed by atoms with E-state index in [9.17, 15) is 19.0 Å². The van der Waals surface area contributed by atoms with E-state index in [0.29, 0.717) is 17.4 Å². The smallest absolute Gasteiger partial charge is 0.306 e. The zero-order valence-electron chi connectivity index (χ0n) is 46.2. The third kappa shape index (κ3) is 50.4. The molecule has 1 N–H and O–H groups in total. The lowest BCUT2D eigenvalue weighted by atomic mass is 10.0. The number of phosphoric acid groups is 1. The van der Waals surface area contributed by atoms with Gasteiger partial charge in [-0.25, -0.2) is 0 Å². The van der Waals surface area contributed by atoms with Crippen molar-refractivity contribution >= 4 is 19.7 Å². The molecular formula is C60H109N2O7P. The van der Waals surface area contributed by atoms with E-state index < -0.39 is 26.6 Å². The molecular weight excluding hydrogens is 892 g/mol. The number of esters is 1. The van der Waals surface area contributed by atoms with Gasteiger partial charge in [0.15, 0.2) is 0 Å². The minimum Gasteiger partial charge on any atom is -0.756 e. The van der Waals surface area contributed by atoms with Gasteiger partial charge in [0.2, 0.25) is 5.91 Å². The van der Waals surface area contributed by atoms with Gasteiger partial charge in [-0.3, -0.25) is 14.2 Å². The van der Waals surface area contributed by atoms with Crippen LogP contribution in [-0.4, -0.2) is 69.4 Å². The van der Waals surface area contributed by atoms with Crippen LogP contribution in [-0.2, 0) is 27.9 Å². The number of nitrogens with zero attached hydrogens (tertiary/aromatic N) is 1. The molecule has 0 saturated carbocycles. The highest BCUT2D eigenvalue weighted by atomic mass is 31.2. The highest BCUT2D eigenvalue weighted by molar-refractivity contribution is 7.45. The molecule has 9 nitrogen and oxygen atoms in total. The number of amides is 1. The summed E-state index contributed by atoms with van der Waals surface area (Å²) < 4.78 is 30.2. The van der Waals surface area contributed by atoms with Crippen molar-refractivity contribution in [3.05, 3.63) is 72.9 Å². The van der Waals surface area contributed by atoms with Gasteiger partial charge in [0.05, 0.1) is 33.8 Å². The van der Waals surface area contributed by atoms with Crippen molar-refractivity contribution < 1.29 is 37.3 Å². The van der Waals surface area contributed by atoms with Crippen molar-refractivity contribution in [3.63, 3.8) is 0 Å². The number of allylic oxidation sites excluding steroid dienone is 11. The molecule has 0 spiro atoms. The minimum atomic E-state index is -4.70. The Balaban J connectivity index is 5.42. The number of nitrogens with one attached hydrogen (secondary N) is 1. The molecule has 0 aromatic carbocycles. The molecule has 3 unspecified atom stereocenters. The molecule has 0 rings (SSSR count). The lowest BCUT2D eigenvalue weighted by molar-refractivity contribution is -0.870. The second-order valence-corrected chi connectivity index (χ2v) is 21.8. The second-order valence-electron chi connectivity index (χ2n) is 20.4. The maximum Gasteiger partial charge on any atom is 0.306 e. The normalized spacial score (nSPS) is 14.3. The molecule has 0 aromatic rings. The molecule has 0 bridgehead atoms.